The molecule has 134 valence electrons. The van der Waals surface area contributed by atoms with Gasteiger partial charge in [0.2, 0.25) is 5.91 Å². The highest BCUT2D eigenvalue weighted by Crippen LogP contribution is 2.23. The third-order valence-corrected chi connectivity index (χ3v) is 4.49. The van der Waals surface area contributed by atoms with Crippen LogP contribution in [0.1, 0.15) is 19.4 Å². The number of aryl methyl sites for hydroxylation is 1. The number of halogens is 2. The number of carbonyl (C=O) groups excluding carboxylic acids is 1. The summed E-state index contributed by atoms with van der Waals surface area (Å²) >= 11 is 12.4. The van der Waals surface area contributed by atoms with Crippen LogP contribution in [0.2, 0.25) is 10.0 Å². The van der Waals surface area contributed by atoms with Crippen LogP contribution in [-0.4, -0.2) is 35.3 Å². The summed E-state index contributed by atoms with van der Waals surface area (Å²) in [6.07, 6.45) is 1.49. The number of anilines is 1. The molecule has 0 fully saturated rings. The Morgan fingerprint density at radius 2 is 2.04 bits per heavy atom. The number of likely N-dealkylation sites (N-methyl/N-ethyl adjacent to an activating group) is 2. The van der Waals surface area contributed by atoms with Gasteiger partial charge in [-0.15, -0.1) is 0 Å². The van der Waals surface area contributed by atoms with Gasteiger partial charge in [0.05, 0.1) is 24.1 Å². The van der Waals surface area contributed by atoms with E-state index in [1.807, 2.05) is 20.8 Å². The minimum atomic E-state index is -0.464. The van der Waals surface area contributed by atoms with Gasteiger partial charge in [-0.25, -0.2) is 0 Å². The van der Waals surface area contributed by atoms with Crippen molar-refractivity contribution in [3.8, 4) is 5.69 Å². The van der Waals surface area contributed by atoms with Crippen molar-refractivity contribution in [2.24, 2.45) is 0 Å². The first-order valence-electron chi connectivity index (χ1n) is 7.95. The van der Waals surface area contributed by atoms with E-state index >= 15 is 0 Å². The first kappa shape index (κ1) is 19.3. The Kier molecular flexibility index (Phi) is 6.45. The average molecular weight is 383 g/mol. The molecule has 6 nitrogen and oxygen atoms in total. The molecule has 2 aromatic rings. The quantitative estimate of drug-likeness (QED) is 0.833. The largest absolute Gasteiger partial charge is 0.360 e. The number of hydrogen-bond acceptors (Lipinski definition) is 4. The summed E-state index contributed by atoms with van der Waals surface area (Å²) in [6, 6.07) is 5.21. The average Bonchev–Trinajstić information content (AvgIpc) is 2.58. The van der Waals surface area contributed by atoms with Crippen LogP contribution in [0.3, 0.4) is 0 Å². The van der Waals surface area contributed by atoms with Crippen LogP contribution in [0, 0.1) is 6.92 Å². The van der Waals surface area contributed by atoms with Crippen molar-refractivity contribution in [3.63, 3.8) is 0 Å². The molecule has 0 bridgehead atoms. The van der Waals surface area contributed by atoms with Gasteiger partial charge >= 0.3 is 0 Å². The van der Waals surface area contributed by atoms with Crippen LogP contribution < -0.4 is 15.8 Å². The maximum absolute atomic E-state index is 12.6. The Bertz CT molecular complexity index is 836. The van der Waals surface area contributed by atoms with Crippen molar-refractivity contribution in [3.05, 3.63) is 50.4 Å². The highest BCUT2D eigenvalue weighted by atomic mass is 35.5. The van der Waals surface area contributed by atoms with Crippen LogP contribution in [0.5, 0.6) is 0 Å². The molecule has 1 amide bonds. The second-order valence-corrected chi connectivity index (χ2v) is 6.25. The third kappa shape index (κ3) is 4.32. The van der Waals surface area contributed by atoms with Crippen LogP contribution >= 0.6 is 23.2 Å². The van der Waals surface area contributed by atoms with Gasteiger partial charge in [0.15, 0.2) is 0 Å². The Balaban J connectivity index is 2.40. The summed E-state index contributed by atoms with van der Waals surface area (Å²) in [5, 5.41) is 7.46. The molecule has 0 aliphatic rings. The summed E-state index contributed by atoms with van der Waals surface area (Å²) in [5.74, 6) is -0.144. The molecule has 1 aromatic carbocycles. The van der Waals surface area contributed by atoms with E-state index in [4.69, 9.17) is 23.2 Å². The van der Waals surface area contributed by atoms with Crippen molar-refractivity contribution in [1.82, 2.24) is 15.1 Å². The predicted octanol–water partition coefficient (Wildman–Crippen LogP) is 2.81. The van der Waals surface area contributed by atoms with Crippen LogP contribution in [0.15, 0.2) is 29.2 Å². The molecular weight excluding hydrogens is 363 g/mol. The van der Waals surface area contributed by atoms with Gasteiger partial charge < -0.3 is 10.2 Å². The Hall–Kier alpha value is -2.05. The molecule has 0 saturated heterocycles. The van der Waals surface area contributed by atoms with Gasteiger partial charge in [-0.05, 0) is 38.5 Å². The molecule has 0 spiro atoms. The molecule has 1 N–H and O–H groups in total. The summed E-state index contributed by atoms with van der Waals surface area (Å²) in [6.45, 7) is 6.75. The fourth-order valence-electron chi connectivity index (χ4n) is 2.34. The van der Waals surface area contributed by atoms with E-state index in [1.54, 1.807) is 23.1 Å². The first-order chi connectivity index (χ1) is 11.9. The number of benzene rings is 1. The van der Waals surface area contributed by atoms with Crippen LogP contribution in [0.4, 0.5) is 5.69 Å². The van der Waals surface area contributed by atoms with E-state index in [1.165, 1.54) is 10.9 Å². The zero-order valence-electron chi connectivity index (χ0n) is 14.3. The zero-order chi connectivity index (χ0) is 18.6. The lowest BCUT2D eigenvalue weighted by atomic mass is 10.2. The van der Waals surface area contributed by atoms with Crippen molar-refractivity contribution in [1.29, 1.82) is 0 Å². The minimum absolute atomic E-state index is 0.0119. The monoisotopic (exact) mass is 382 g/mol. The maximum atomic E-state index is 12.6. The highest BCUT2D eigenvalue weighted by molar-refractivity contribution is 6.33. The van der Waals surface area contributed by atoms with Gasteiger partial charge in [0.25, 0.3) is 5.56 Å². The number of hydrogen-bond donors (Lipinski definition) is 1. The summed E-state index contributed by atoms with van der Waals surface area (Å²) in [7, 11) is 0. The molecule has 0 atom stereocenters. The van der Waals surface area contributed by atoms with Crippen molar-refractivity contribution >= 4 is 34.8 Å². The number of nitrogens with zero attached hydrogens (tertiary/aromatic N) is 3. The number of amides is 1. The smallest absolute Gasteiger partial charge is 0.292 e. The Morgan fingerprint density at radius 3 is 2.64 bits per heavy atom. The Morgan fingerprint density at radius 1 is 1.32 bits per heavy atom. The summed E-state index contributed by atoms with van der Waals surface area (Å²) < 4.78 is 1.19. The number of aromatic nitrogens is 2. The van der Waals surface area contributed by atoms with Crippen molar-refractivity contribution in [2.75, 3.05) is 24.5 Å². The maximum Gasteiger partial charge on any atom is 0.292 e. The van der Waals surface area contributed by atoms with E-state index in [0.29, 0.717) is 29.5 Å². The molecule has 25 heavy (non-hydrogen) atoms. The molecule has 0 saturated carbocycles. The minimum Gasteiger partial charge on any atom is -0.360 e. The fraction of sp³-hybridized carbons (Fsp3) is 0.353. The van der Waals surface area contributed by atoms with Crippen molar-refractivity contribution < 1.29 is 4.79 Å². The lowest BCUT2D eigenvalue weighted by molar-refractivity contribution is -0.119. The van der Waals surface area contributed by atoms with Gasteiger partial charge in [0, 0.05) is 18.1 Å². The standard InChI is InChI=1S/C17H20Cl2N4O2/c1-4-20-15(24)10-22(5-2)14-9-21-23(17(25)16(14)19)12-7-6-11(3)13(18)8-12/h6-9H,4-5,10H2,1-3H3,(H,20,24). The molecular formula is C17H20Cl2N4O2. The normalized spacial score (nSPS) is 10.6. The summed E-state index contributed by atoms with van der Waals surface area (Å²) in [4.78, 5) is 26.1. The number of nitrogens with one attached hydrogen (secondary N) is 1. The lowest BCUT2D eigenvalue weighted by Crippen LogP contribution is -2.38. The molecule has 0 aliphatic carbocycles. The third-order valence-electron chi connectivity index (χ3n) is 3.73. The highest BCUT2D eigenvalue weighted by Gasteiger charge is 2.17. The molecule has 1 aromatic heterocycles. The zero-order valence-corrected chi connectivity index (χ0v) is 15.9. The SMILES string of the molecule is CCNC(=O)CN(CC)c1cnn(-c2ccc(C)c(Cl)c2)c(=O)c1Cl. The predicted molar refractivity (Wildman–Crippen MR) is 101 cm³/mol. The molecule has 0 unspecified atom stereocenters. The fourth-order valence-corrected chi connectivity index (χ4v) is 2.76. The van der Waals surface area contributed by atoms with Gasteiger partial charge in [-0.2, -0.15) is 9.78 Å². The molecule has 0 radical (unpaired) electrons. The van der Waals surface area contributed by atoms with Crippen LogP contribution in [-0.2, 0) is 4.79 Å². The first-order valence-corrected chi connectivity index (χ1v) is 8.70. The van der Waals surface area contributed by atoms with E-state index in [9.17, 15) is 9.59 Å². The number of carbonyl (C=O) groups is 1. The molecule has 8 heteroatoms. The number of rotatable bonds is 6. The molecule has 2 rings (SSSR count). The molecule has 0 aliphatic heterocycles. The van der Waals surface area contributed by atoms with Crippen molar-refractivity contribution in [2.45, 2.75) is 20.8 Å². The van der Waals surface area contributed by atoms with E-state index in [-0.39, 0.29) is 17.5 Å². The summed E-state index contributed by atoms with van der Waals surface area (Å²) in [5.41, 5.74) is 1.39. The second-order valence-electron chi connectivity index (χ2n) is 5.46. The van der Waals surface area contributed by atoms with Gasteiger partial charge in [0.1, 0.15) is 5.02 Å². The Labute approximate surface area is 156 Å². The second kappa shape index (κ2) is 8.36. The van der Waals surface area contributed by atoms with Gasteiger partial charge in [-0.1, -0.05) is 29.3 Å². The van der Waals surface area contributed by atoms with E-state index in [2.05, 4.69) is 10.4 Å². The van der Waals surface area contributed by atoms with Gasteiger partial charge in [-0.3, -0.25) is 9.59 Å². The topological polar surface area (TPSA) is 67.2 Å². The van der Waals surface area contributed by atoms with Crippen LogP contribution in [0.25, 0.3) is 5.69 Å². The van der Waals surface area contributed by atoms with E-state index in [0.717, 1.165) is 5.56 Å². The molecule has 1 heterocycles. The van der Waals surface area contributed by atoms with E-state index < -0.39 is 5.56 Å². The lowest BCUT2D eigenvalue weighted by Gasteiger charge is -2.23.